The first-order chi connectivity index (χ1) is 10.1. The van der Waals surface area contributed by atoms with Gasteiger partial charge in [-0.05, 0) is 25.3 Å². The standard InChI is InChI=1S/C14H21N3O3S/c1-3-15-12(18)9-17(4-2)13(19)5-7-16-14(20)11-6-8-21-10-11/h6,8,10H,3-5,7,9H2,1-2H3,(H,15,18)(H,16,20). The van der Waals surface area contributed by atoms with Crippen LogP contribution in [0.15, 0.2) is 16.8 Å². The number of rotatable bonds is 8. The van der Waals surface area contributed by atoms with Crippen molar-refractivity contribution in [3.63, 3.8) is 0 Å². The zero-order valence-electron chi connectivity index (χ0n) is 12.3. The van der Waals surface area contributed by atoms with Crippen LogP contribution in [0.2, 0.25) is 0 Å². The third kappa shape index (κ3) is 5.95. The lowest BCUT2D eigenvalue weighted by atomic mass is 10.3. The maximum absolute atomic E-state index is 12.0. The van der Waals surface area contributed by atoms with Crippen LogP contribution in [0.4, 0.5) is 0 Å². The van der Waals surface area contributed by atoms with Crippen molar-refractivity contribution in [3.8, 4) is 0 Å². The number of carbonyl (C=O) groups excluding carboxylic acids is 3. The number of amides is 3. The topological polar surface area (TPSA) is 78.5 Å². The molecule has 2 N–H and O–H groups in total. The fourth-order valence-electron chi connectivity index (χ4n) is 1.74. The van der Waals surface area contributed by atoms with Crippen molar-refractivity contribution in [2.45, 2.75) is 20.3 Å². The second-order valence-electron chi connectivity index (χ2n) is 4.38. The lowest BCUT2D eigenvalue weighted by molar-refractivity contribution is -0.135. The number of likely N-dealkylation sites (N-methyl/N-ethyl adjacent to an activating group) is 2. The average Bonchev–Trinajstić information content (AvgIpc) is 2.99. The molecule has 21 heavy (non-hydrogen) atoms. The Labute approximate surface area is 128 Å². The fraction of sp³-hybridized carbons (Fsp3) is 0.500. The van der Waals surface area contributed by atoms with E-state index in [4.69, 9.17) is 0 Å². The molecule has 0 saturated carbocycles. The van der Waals surface area contributed by atoms with Crippen LogP contribution in [0, 0.1) is 0 Å². The number of hydrogen-bond donors (Lipinski definition) is 2. The molecule has 0 aromatic carbocycles. The monoisotopic (exact) mass is 311 g/mol. The predicted molar refractivity (Wildman–Crippen MR) is 82.2 cm³/mol. The minimum absolute atomic E-state index is 0.0572. The summed E-state index contributed by atoms with van der Waals surface area (Å²) in [7, 11) is 0. The van der Waals surface area contributed by atoms with E-state index in [0.717, 1.165) is 0 Å². The Morgan fingerprint density at radius 3 is 2.57 bits per heavy atom. The van der Waals surface area contributed by atoms with Crippen LogP contribution in [-0.4, -0.2) is 48.8 Å². The molecule has 0 radical (unpaired) electrons. The summed E-state index contributed by atoms with van der Waals surface area (Å²) in [6.45, 7) is 4.98. The Morgan fingerprint density at radius 2 is 2.00 bits per heavy atom. The van der Waals surface area contributed by atoms with Crippen LogP contribution in [0.5, 0.6) is 0 Å². The van der Waals surface area contributed by atoms with Gasteiger partial charge in [-0.3, -0.25) is 14.4 Å². The summed E-state index contributed by atoms with van der Waals surface area (Å²) in [6, 6.07) is 1.73. The van der Waals surface area contributed by atoms with Crippen molar-refractivity contribution in [2.24, 2.45) is 0 Å². The van der Waals surface area contributed by atoms with Gasteiger partial charge in [0.25, 0.3) is 5.91 Å². The van der Waals surface area contributed by atoms with Gasteiger partial charge in [-0.15, -0.1) is 0 Å². The van der Waals surface area contributed by atoms with E-state index in [1.165, 1.54) is 16.2 Å². The van der Waals surface area contributed by atoms with Gasteiger partial charge in [0.05, 0.1) is 6.54 Å². The van der Waals surface area contributed by atoms with E-state index in [1.807, 2.05) is 19.2 Å². The van der Waals surface area contributed by atoms with Gasteiger partial charge < -0.3 is 15.5 Å². The Morgan fingerprint density at radius 1 is 1.24 bits per heavy atom. The zero-order valence-corrected chi connectivity index (χ0v) is 13.2. The van der Waals surface area contributed by atoms with Gasteiger partial charge in [0.2, 0.25) is 11.8 Å². The summed E-state index contributed by atoms with van der Waals surface area (Å²) in [6.07, 6.45) is 0.184. The Hall–Kier alpha value is -1.89. The highest BCUT2D eigenvalue weighted by Crippen LogP contribution is 2.05. The first-order valence-electron chi connectivity index (χ1n) is 6.93. The minimum atomic E-state index is -0.184. The highest BCUT2D eigenvalue weighted by molar-refractivity contribution is 7.08. The highest BCUT2D eigenvalue weighted by atomic mass is 32.1. The molecule has 116 valence electrons. The second kappa shape index (κ2) is 9.12. The molecule has 0 saturated heterocycles. The number of carbonyl (C=O) groups is 3. The quantitative estimate of drug-likeness (QED) is 0.747. The number of thiophene rings is 1. The van der Waals surface area contributed by atoms with Crippen molar-refractivity contribution in [1.82, 2.24) is 15.5 Å². The van der Waals surface area contributed by atoms with Gasteiger partial charge in [0.15, 0.2) is 0 Å². The lowest BCUT2D eigenvalue weighted by Crippen LogP contribution is -2.41. The van der Waals surface area contributed by atoms with Crippen LogP contribution < -0.4 is 10.6 Å². The van der Waals surface area contributed by atoms with Gasteiger partial charge in [0.1, 0.15) is 0 Å². The molecule has 0 bridgehead atoms. The van der Waals surface area contributed by atoms with Gasteiger partial charge in [-0.1, -0.05) is 0 Å². The largest absolute Gasteiger partial charge is 0.355 e. The summed E-state index contributed by atoms with van der Waals surface area (Å²) >= 11 is 1.45. The molecule has 0 spiro atoms. The summed E-state index contributed by atoms with van der Waals surface area (Å²) < 4.78 is 0. The molecule has 0 aliphatic carbocycles. The van der Waals surface area contributed by atoms with Crippen molar-refractivity contribution in [1.29, 1.82) is 0 Å². The normalized spacial score (nSPS) is 10.0. The molecule has 1 aromatic rings. The van der Waals surface area contributed by atoms with E-state index >= 15 is 0 Å². The highest BCUT2D eigenvalue weighted by Gasteiger charge is 2.15. The van der Waals surface area contributed by atoms with Crippen molar-refractivity contribution >= 4 is 29.1 Å². The van der Waals surface area contributed by atoms with Crippen molar-refractivity contribution in [2.75, 3.05) is 26.2 Å². The molecule has 3 amide bonds. The van der Waals surface area contributed by atoms with E-state index in [1.54, 1.807) is 11.4 Å². The van der Waals surface area contributed by atoms with E-state index in [0.29, 0.717) is 18.7 Å². The van der Waals surface area contributed by atoms with Crippen LogP contribution in [0.25, 0.3) is 0 Å². The maximum atomic E-state index is 12.0. The SMILES string of the molecule is CCNC(=O)CN(CC)C(=O)CCNC(=O)c1ccsc1. The van der Waals surface area contributed by atoms with Gasteiger partial charge in [-0.2, -0.15) is 11.3 Å². The predicted octanol–water partition coefficient (Wildman–Crippen LogP) is 0.853. The molecule has 0 unspecified atom stereocenters. The first kappa shape index (κ1) is 17.2. The summed E-state index contributed by atoms with van der Waals surface area (Å²) in [5.74, 6) is -0.500. The zero-order chi connectivity index (χ0) is 15.7. The molecule has 0 aliphatic heterocycles. The molecule has 0 aliphatic rings. The van der Waals surface area contributed by atoms with E-state index < -0.39 is 0 Å². The molecule has 6 nitrogen and oxygen atoms in total. The summed E-state index contributed by atoms with van der Waals surface area (Å²) in [4.78, 5) is 36.6. The third-order valence-electron chi connectivity index (χ3n) is 2.85. The van der Waals surface area contributed by atoms with Crippen molar-refractivity contribution in [3.05, 3.63) is 22.4 Å². The number of hydrogen-bond acceptors (Lipinski definition) is 4. The maximum Gasteiger partial charge on any atom is 0.252 e. The van der Waals surface area contributed by atoms with E-state index in [2.05, 4.69) is 10.6 Å². The van der Waals surface area contributed by atoms with Crippen LogP contribution in [0.1, 0.15) is 30.6 Å². The van der Waals surface area contributed by atoms with Crippen molar-refractivity contribution < 1.29 is 14.4 Å². The molecular formula is C14H21N3O3S. The van der Waals surface area contributed by atoms with E-state index in [9.17, 15) is 14.4 Å². The molecule has 1 rings (SSSR count). The fourth-order valence-corrected chi connectivity index (χ4v) is 2.38. The Kier molecular flexibility index (Phi) is 7.45. The minimum Gasteiger partial charge on any atom is -0.355 e. The Bertz CT molecular complexity index is 474. The summed E-state index contributed by atoms with van der Waals surface area (Å²) in [5, 5.41) is 8.93. The van der Waals surface area contributed by atoms with Gasteiger partial charge >= 0.3 is 0 Å². The number of nitrogens with zero attached hydrogens (tertiary/aromatic N) is 1. The Balaban J connectivity index is 2.34. The lowest BCUT2D eigenvalue weighted by Gasteiger charge is -2.20. The van der Waals surface area contributed by atoms with Crippen LogP contribution in [0.3, 0.4) is 0 Å². The van der Waals surface area contributed by atoms with Crippen LogP contribution in [-0.2, 0) is 9.59 Å². The third-order valence-corrected chi connectivity index (χ3v) is 3.53. The van der Waals surface area contributed by atoms with Crippen LogP contribution >= 0.6 is 11.3 Å². The van der Waals surface area contributed by atoms with Gasteiger partial charge in [0, 0.05) is 37.0 Å². The van der Waals surface area contributed by atoms with E-state index in [-0.39, 0.29) is 37.2 Å². The molecule has 1 heterocycles. The molecule has 0 atom stereocenters. The molecular weight excluding hydrogens is 290 g/mol. The molecule has 7 heteroatoms. The molecule has 0 fully saturated rings. The number of nitrogens with one attached hydrogen (secondary N) is 2. The second-order valence-corrected chi connectivity index (χ2v) is 5.16. The average molecular weight is 311 g/mol. The smallest absolute Gasteiger partial charge is 0.252 e. The summed E-state index contributed by atoms with van der Waals surface area (Å²) in [5.41, 5.74) is 0.599. The first-order valence-corrected chi connectivity index (χ1v) is 7.87. The molecule has 1 aromatic heterocycles. The van der Waals surface area contributed by atoms with Gasteiger partial charge in [-0.25, -0.2) is 0 Å².